The lowest BCUT2D eigenvalue weighted by Gasteiger charge is -2.02. The normalized spacial score (nSPS) is 15.0. The minimum absolute atomic E-state index is 0.0390. The minimum Gasteiger partial charge on any atom is -0.482 e. The van der Waals surface area contributed by atoms with E-state index in [0.29, 0.717) is 16.9 Å². The van der Waals surface area contributed by atoms with Crippen LogP contribution in [0.25, 0.3) is 6.08 Å². The van der Waals surface area contributed by atoms with Crippen molar-refractivity contribution in [2.45, 2.75) is 0 Å². The van der Waals surface area contributed by atoms with Gasteiger partial charge < -0.3 is 14.6 Å². The average molecular weight is 341 g/mol. The molecule has 1 heterocycles. The van der Waals surface area contributed by atoms with Gasteiger partial charge in [-0.2, -0.15) is 0 Å². The standard InChI is InChI=1S/C18H12FNO5/c19-13-3-1-2-12(9-13)17-20-15(18(23)25-17)8-11-4-6-14(7-5-11)24-10-16(21)22/h1-9H,10H2,(H,21,22)/b15-8-. The molecule has 0 aliphatic carbocycles. The second kappa shape index (κ2) is 6.96. The van der Waals surface area contributed by atoms with E-state index < -0.39 is 24.4 Å². The first-order valence-electron chi connectivity index (χ1n) is 7.24. The summed E-state index contributed by atoms with van der Waals surface area (Å²) in [6, 6.07) is 12.0. The Balaban J connectivity index is 1.78. The number of esters is 1. The van der Waals surface area contributed by atoms with E-state index in [4.69, 9.17) is 14.6 Å². The van der Waals surface area contributed by atoms with Crippen molar-refractivity contribution in [1.82, 2.24) is 0 Å². The van der Waals surface area contributed by atoms with Crippen molar-refractivity contribution in [3.63, 3.8) is 0 Å². The van der Waals surface area contributed by atoms with Crippen LogP contribution in [0.3, 0.4) is 0 Å². The number of ether oxygens (including phenoxy) is 2. The second-order valence-corrected chi connectivity index (χ2v) is 5.10. The van der Waals surface area contributed by atoms with Gasteiger partial charge in [-0.3, -0.25) is 0 Å². The molecule has 0 saturated heterocycles. The number of nitrogens with zero attached hydrogens (tertiary/aromatic N) is 1. The number of hydrogen-bond donors (Lipinski definition) is 1. The zero-order chi connectivity index (χ0) is 17.8. The van der Waals surface area contributed by atoms with Gasteiger partial charge >= 0.3 is 11.9 Å². The van der Waals surface area contributed by atoms with Crippen molar-refractivity contribution in [3.8, 4) is 5.75 Å². The summed E-state index contributed by atoms with van der Waals surface area (Å²) in [5, 5.41) is 8.56. The third-order valence-electron chi connectivity index (χ3n) is 3.24. The Hall–Kier alpha value is -3.48. The van der Waals surface area contributed by atoms with E-state index in [9.17, 15) is 14.0 Å². The second-order valence-electron chi connectivity index (χ2n) is 5.10. The van der Waals surface area contributed by atoms with Crippen LogP contribution in [0.2, 0.25) is 0 Å². The molecular weight excluding hydrogens is 329 g/mol. The Labute approximate surface area is 141 Å². The van der Waals surface area contributed by atoms with E-state index in [1.54, 1.807) is 30.3 Å². The monoisotopic (exact) mass is 341 g/mol. The highest BCUT2D eigenvalue weighted by Gasteiger charge is 2.24. The first kappa shape index (κ1) is 16.4. The number of carboxylic acid groups (broad SMARTS) is 1. The number of aliphatic carboxylic acids is 1. The third kappa shape index (κ3) is 4.08. The first-order chi connectivity index (χ1) is 12.0. The molecule has 0 fully saturated rings. The molecule has 3 rings (SSSR count). The molecule has 0 amide bonds. The molecule has 0 atom stereocenters. The first-order valence-corrected chi connectivity index (χ1v) is 7.24. The third-order valence-corrected chi connectivity index (χ3v) is 3.24. The van der Waals surface area contributed by atoms with Gasteiger partial charge in [0, 0.05) is 5.56 Å². The topological polar surface area (TPSA) is 85.2 Å². The Bertz CT molecular complexity index is 887. The fourth-order valence-corrected chi connectivity index (χ4v) is 2.12. The maximum absolute atomic E-state index is 13.3. The molecule has 0 radical (unpaired) electrons. The number of hydrogen-bond acceptors (Lipinski definition) is 5. The summed E-state index contributed by atoms with van der Waals surface area (Å²) in [7, 11) is 0. The highest BCUT2D eigenvalue weighted by molar-refractivity contribution is 6.12. The van der Waals surface area contributed by atoms with Gasteiger partial charge in [0.05, 0.1) is 0 Å². The van der Waals surface area contributed by atoms with Crippen LogP contribution in [-0.2, 0) is 14.3 Å². The Morgan fingerprint density at radius 1 is 1.24 bits per heavy atom. The predicted octanol–water partition coefficient (Wildman–Crippen LogP) is 2.63. The van der Waals surface area contributed by atoms with Gasteiger partial charge in [0.15, 0.2) is 12.3 Å². The smallest absolute Gasteiger partial charge is 0.363 e. The number of halogens is 1. The fraction of sp³-hybridized carbons (Fsp3) is 0.0556. The Kier molecular flexibility index (Phi) is 4.56. The number of rotatable bonds is 5. The Morgan fingerprint density at radius 3 is 2.68 bits per heavy atom. The molecule has 0 spiro atoms. The van der Waals surface area contributed by atoms with Crippen molar-refractivity contribution < 1.29 is 28.6 Å². The lowest BCUT2D eigenvalue weighted by atomic mass is 10.2. The van der Waals surface area contributed by atoms with E-state index in [1.165, 1.54) is 24.3 Å². The van der Waals surface area contributed by atoms with Gasteiger partial charge in [-0.1, -0.05) is 18.2 Å². The highest BCUT2D eigenvalue weighted by Crippen LogP contribution is 2.21. The van der Waals surface area contributed by atoms with E-state index in [1.807, 2.05) is 0 Å². The quantitative estimate of drug-likeness (QED) is 0.667. The molecule has 0 saturated carbocycles. The summed E-state index contributed by atoms with van der Waals surface area (Å²) in [5.74, 6) is -1.73. The zero-order valence-corrected chi connectivity index (χ0v) is 12.8. The van der Waals surface area contributed by atoms with Crippen LogP contribution < -0.4 is 4.74 Å². The molecule has 0 bridgehead atoms. The van der Waals surface area contributed by atoms with Crippen LogP contribution in [0, 0.1) is 5.82 Å². The molecular formula is C18H12FNO5. The van der Waals surface area contributed by atoms with Crippen molar-refractivity contribution >= 4 is 23.9 Å². The number of carbonyl (C=O) groups is 2. The molecule has 6 nitrogen and oxygen atoms in total. The van der Waals surface area contributed by atoms with Crippen LogP contribution >= 0.6 is 0 Å². The molecule has 1 aliphatic rings. The van der Waals surface area contributed by atoms with Crippen LogP contribution in [0.5, 0.6) is 5.75 Å². The fourth-order valence-electron chi connectivity index (χ4n) is 2.12. The summed E-state index contributed by atoms with van der Waals surface area (Å²) in [6.07, 6.45) is 1.51. The van der Waals surface area contributed by atoms with E-state index in [-0.39, 0.29) is 11.6 Å². The summed E-state index contributed by atoms with van der Waals surface area (Å²) in [5.41, 5.74) is 1.10. The average Bonchev–Trinajstić information content (AvgIpc) is 2.95. The maximum Gasteiger partial charge on any atom is 0.363 e. The molecule has 25 heavy (non-hydrogen) atoms. The summed E-state index contributed by atoms with van der Waals surface area (Å²) in [4.78, 5) is 26.4. The Morgan fingerprint density at radius 2 is 2.00 bits per heavy atom. The molecule has 2 aromatic carbocycles. The predicted molar refractivity (Wildman–Crippen MR) is 86.6 cm³/mol. The number of benzene rings is 2. The van der Waals surface area contributed by atoms with Crippen LogP contribution in [0.15, 0.2) is 59.2 Å². The number of carboxylic acids is 1. The molecule has 0 aromatic heterocycles. The molecule has 0 unspecified atom stereocenters. The van der Waals surface area contributed by atoms with Crippen LogP contribution in [-0.4, -0.2) is 29.5 Å². The lowest BCUT2D eigenvalue weighted by molar-refractivity contribution is -0.139. The molecule has 7 heteroatoms. The van der Waals surface area contributed by atoms with E-state index in [2.05, 4.69) is 4.99 Å². The van der Waals surface area contributed by atoms with Gasteiger partial charge in [-0.05, 0) is 42.0 Å². The minimum atomic E-state index is -1.07. The number of carbonyl (C=O) groups excluding carboxylic acids is 1. The van der Waals surface area contributed by atoms with Crippen molar-refractivity contribution in [2.24, 2.45) is 4.99 Å². The molecule has 1 aliphatic heterocycles. The van der Waals surface area contributed by atoms with E-state index in [0.717, 1.165) is 0 Å². The number of aliphatic imine (C=N–C) groups is 1. The van der Waals surface area contributed by atoms with Gasteiger partial charge in [0.25, 0.3) is 0 Å². The molecule has 2 aromatic rings. The van der Waals surface area contributed by atoms with Crippen molar-refractivity contribution in [3.05, 3.63) is 71.2 Å². The van der Waals surface area contributed by atoms with Crippen molar-refractivity contribution in [2.75, 3.05) is 6.61 Å². The highest BCUT2D eigenvalue weighted by atomic mass is 19.1. The van der Waals surface area contributed by atoms with Gasteiger partial charge in [0.2, 0.25) is 5.90 Å². The van der Waals surface area contributed by atoms with Gasteiger partial charge in [0.1, 0.15) is 11.6 Å². The maximum atomic E-state index is 13.3. The van der Waals surface area contributed by atoms with Gasteiger partial charge in [-0.25, -0.2) is 19.0 Å². The van der Waals surface area contributed by atoms with E-state index >= 15 is 0 Å². The number of cyclic esters (lactones) is 1. The van der Waals surface area contributed by atoms with Crippen LogP contribution in [0.1, 0.15) is 11.1 Å². The summed E-state index contributed by atoms with van der Waals surface area (Å²) in [6.45, 7) is -0.436. The zero-order valence-electron chi connectivity index (χ0n) is 12.8. The van der Waals surface area contributed by atoms with Gasteiger partial charge in [-0.15, -0.1) is 0 Å². The molecule has 1 N–H and O–H groups in total. The lowest BCUT2D eigenvalue weighted by Crippen LogP contribution is -2.09. The van der Waals surface area contributed by atoms with Crippen molar-refractivity contribution in [1.29, 1.82) is 0 Å². The molecule has 126 valence electrons. The SMILES string of the molecule is O=C(O)COc1ccc(/C=C2\N=C(c3cccc(F)c3)OC2=O)cc1. The summed E-state index contributed by atoms with van der Waals surface area (Å²) >= 11 is 0. The largest absolute Gasteiger partial charge is 0.482 e. The summed E-state index contributed by atoms with van der Waals surface area (Å²) < 4.78 is 23.3. The van der Waals surface area contributed by atoms with Crippen LogP contribution in [0.4, 0.5) is 4.39 Å².